The Morgan fingerprint density at radius 3 is 1.57 bits per heavy atom. The molecule has 67 heavy (non-hydrogen) atoms. The van der Waals surface area contributed by atoms with Gasteiger partial charge in [0.1, 0.15) is 11.6 Å². The van der Waals surface area contributed by atoms with Gasteiger partial charge in [0.15, 0.2) is 8.32 Å². The zero-order valence-electron chi connectivity index (χ0n) is 39.9. The van der Waals surface area contributed by atoms with Crippen molar-refractivity contribution in [3.8, 4) is 11.4 Å². The highest BCUT2D eigenvalue weighted by atomic mass is 32.2. The predicted molar refractivity (Wildman–Crippen MR) is 268 cm³/mol. The molecule has 1 N–H and O–H groups in total. The third-order valence-corrected chi connectivity index (χ3v) is 22.0. The number of aliphatic hydroxyl groups is 1. The van der Waals surface area contributed by atoms with Crippen LogP contribution in [-0.2, 0) is 31.4 Å². The van der Waals surface area contributed by atoms with Crippen molar-refractivity contribution in [3.05, 3.63) is 131 Å². The molecule has 0 unspecified atom stereocenters. The van der Waals surface area contributed by atoms with Crippen molar-refractivity contribution < 1.29 is 18.3 Å². The lowest BCUT2D eigenvalue weighted by Crippen LogP contribution is -2.47. The maximum absolute atomic E-state index is 13.6. The fourth-order valence-corrected chi connectivity index (χ4v) is 13.5. The molecule has 4 aliphatic carbocycles. The lowest BCUT2D eigenvalue weighted by molar-refractivity contribution is 0.109. The normalized spacial score (nSPS) is 22.4. The van der Waals surface area contributed by atoms with Crippen molar-refractivity contribution >= 4 is 44.0 Å². The third kappa shape index (κ3) is 10.1. The second-order valence-corrected chi connectivity index (χ2v) is 27.9. The van der Waals surface area contributed by atoms with Crippen molar-refractivity contribution in [3.63, 3.8) is 0 Å². The van der Waals surface area contributed by atoms with E-state index in [1.165, 1.54) is 57.2 Å². The molecule has 0 spiro atoms. The van der Waals surface area contributed by atoms with E-state index in [1.807, 2.05) is 81.1 Å². The van der Waals surface area contributed by atoms with Crippen LogP contribution in [-0.4, -0.2) is 77.3 Å². The summed E-state index contributed by atoms with van der Waals surface area (Å²) in [6.45, 7) is 12.6. The molecule has 4 aliphatic rings. The van der Waals surface area contributed by atoms with E-state index >= 15 is 0 Å². The first-order valence-corrected chi connectivity index (χ1v) is 28.5. The number of thioether (sulfide) groups is 2. The number of rotatable bonds is 12. The standard InChI is InChI=1S/C29H39FN4OSSi.C23H25FN4OS/c1-28(2,3)37(5,6)35-20-29-14-21(19-36-26-17-31-33(4)18-26)7-8-23(29)13-27-22(15-29)16-32-34(27)25-11-9-24(30)10-12-25;1-27-13-21(12-25-27)30-14-16-2-3-18-8-22-17(10-23(18,9-16)15-29)11-26-28(22)20-6-4-19(24)5-7-20/h9-13,16-18,21H,7-8,14-15,19-20H2,1-6H3;4-8,11-13,16,29H,2-3,9-10,14-15H2,1H3/t21-,29-;16-,23-/m00/s1. The minimum absolute atomic E-state index is 0.00239. The third-order valence-electron chi connectivity index (χ3n) is 15.1. The molecular weight excluding hydrogens is 899 g/mol. The summed E-state index contributed by atoms with van der Waals surface area (Å²) < 4.78 is 41.4. The first-order chi connectivity index (χ1) is 32.0. The van der Waals surface area contributed by atoms with Crippen molar-refractivity contribution in [2.75, 3.05) is 24.7 Å². The van der Waals surface area contributed by atoms with Gasteiger partial charge in [0.05, 0.1) is 54.2 Å². The van der Waals surface area contributed by atoms with E-state index in [-0.39, 0.29) is 34.1 Å². The second kappa shape index (κ2) is 19.1. The minimum atomic E-state index is -1.91. The maximum Gasteiger partial charge on any atom is 0.192 e. The quantitative estimate of drug-likeness (QED) is 0.0956. The molecule has 0 radical (unpaired) electrons. The molecule has 10 rings (SSSR count). The SMILES string of the molecule is Cn1cc(SC[C@H]2CCC3=Cc4c(cnn4-c4ccc(F)cc4)C[C@]3(CO)C2)cn1.Cn1cc(SC[C@H]2CCC3=Cc4c(cnn4-c4ccc(F)cc4)C[C@]3(CO[Si](C)(C)C(C)(C)C)C2)cn1. The molecule has 0 amide bonds. The van der Waals surface area contributed by atoms with Gasteiger partial charge >= 0.3 is 0 Å². The Morgan fingerprint density at radius 1 is 0.687 bits per heavy atom. The van der Waals surface area contributed by atoms with Crippen LogP contribution in [0.25, 0.3) is 23.5 Å². The molecule has 0 saturated heterocycles. The van der Waals surface area contributed by atoms with Crippen LogP contribution in [0.4, 0.5) is 8.78 Å². The van der Waals surface area contributed by atoms with Crippen LogP contribution in [0.1, 0.15) is 81.8 Å². The number of nitrogens with zero attached hydrogens (tertiary/aromatic N) is 8. The highest BCUT2D eigenvalue weighted by molar-refractivity contribution is 7.99. The highest BCUT2D eigenvalue weighted by Crippen LogP contribution is 2.53. The van der Waals surface area contributed by atoms with Gasteiger partial charge < -0.3 is 9.53 Å². The number of aliphatic hydroxyl groups excluding tert-OH is 1. The minimum Gasteiger partial charge on any atom is -0.416 e. The molecule has 4 atom stereocenters. The monoisotopic (exact) mass is 962 g/mol. The Bertz CT molecular complexity index is 2750. The first kappa shape index (κ1) is 47.5. The van der Waals surface area contributed by atoms with Gasteiger partial charge in [0.25, 0.3) is 0 Å². The average Bonchev–Trinajstić information content (AvgIpc) is 4.12. The summed E-state index contributed by atoms with van der Waals surface area (Å²) in [6, 6.07) is 13.0. The molecule has 4 heterocycles. The van der Waals surface area contributed by atoms with Gasteiger partial charge in [0.2, 0.25) is 0 Å². The lowest BCUT2D eigenvalue weighted by Gasteiger charge is -2.48. The van der Waals surface area contributed by atoms with E-state index in [9.17, 15) is 13.9 Å². The smallest absolute Gasteiger partial charge is 0.192 e. The van der Waals surface area contributed by atoms with Crippen LogP contribution in [0.2, 0.25) is 18.1 Å². The van der Waals surface area contributed by atoms with Crippen LogP contribution >= 0.6 is 23.5 Å². The molecule has 0 bridgehead atoms. The second-order valence-electron chi connectivity index (χ2n) is 20.9. The van der Waals surface area contributed by atoms with Gasteiger partial charge in [-0.1, -0.05) is 31.9 Å². The lowest BCUT2D eigenvalue weighted by atomic mass is 9.62. The molecule has 15 heteroatoms. The molecule has 2 aromatic carbocycles. The number of benzene rings is 2. The first-order valence-electron chi connectivity index (χ1n) is 23.6. The Labute approximate surface area is 403 Å². The number of halogens is 2. The van der Waals surface area contributed by atoms with Gasteiger partial charge in [0, 0.05) is 65.2 Å². The highest BCUT2D eigenvalue weighted by Gasteiger charge is 2.47. The Kier molecular flexibility index (Phi) is 13.5. The summed E-state index contributed by atoms with van der Waals surface area (Å²) in [5.41, 5.74) is 8.97. The van der Waals surface area contributed by atoms with Gasteiger partial charge in [-0.25, -0.2) is 18.1 Å². The van der Waals surface area contributed by atoms with Crippen LogP contribution in [0.5, 0.6) is 0 Å². The van der Waals surface area contributed by atoms with Crippen molar-refractivity contribution in [1.29, 1.82) is 0 Å². The fourth-order valence-electron chi connectivity index (χ4n) is 10.3. The molecule has 2 fully saturated rings. The summed E-state index contributed by atoms with van der Waals surface area (Å²) in [5.74, 6) is 2.85. The van der Waals surface area contributed by atoms with Gasteiger partial charge in [-0.05, 0) is 153 Å². The summed E-state index contributed by atoms with van der Waals surface area (Å²) in [7, 11) is 2.01. The molecule has 354 valence electrons. The van der Waals surface area contributed by atoms with E-state index in [2.05, 4.69) is 73.7 Å². The summed E-state index contributed by atoms with van der Waals surface area (Å²) in [6.07, 6.45) is 24.8. The summed E-state index contributed by atoms with van der Waals surface area (Å²) >= 11 is 3.77. The van der Waals surface area contributed by atoms with E-state index < -0.39 is 8.32 Å². The summed E-state index contributed by atoms with van der Waals surface area (Å²) in [4.78, 5) is 2.44. The Morgan fingerprint density at radius 2 is 1.13 bits per heavy atom. The largest absolute Gasteiger partial charge is 0.416 e. The van der Waals surface area contributed by atoms with Crippen LogP contribution in [0, 0.1) is 34.3 Å². The van der Waals surface area contributed by atoms with Crippen LogP contribution < -0.4 is 0 Å². The van der Waals surface area contributed by atoms with Crippen molar-refractivity contribution in [2.45, 2.75) is 100 Å². The zero-order chi connectivity index (χ0) is 47.1. The molecule has 10 nitrogen and oxygen atoms in total. The van der Waals surface area contributed by atoms with Crippen LogP contribution in [0.15, 0.2) is 107 Å². The number of aryl methyl sites for hydroxylation is 2. The maximum atomic E-state index is 13.6. The van der Waals surface area contributed by atoms with Gasteiger partial charge in [-0.2, -0.15) is 20.4 Å². The average molecular weight is 963 g/mol. The zero-order valence-corrected chi connectivity index (χ0v) is 42.5. The number of fused-ring (bicyclic) bond motifs is 4. The summed E-state index contributed by atoms with van der Waals surface area (Å²) in [5, 5.41) is 28.5. The van der Waals surface area contributed by atoms with Gasteiger partial charge in [-0.15, -0.1) is 23.5 Å². The van der Waals surface area contributed by atoms with Crippen molar-refractivity contribution in [1.82, 2.24) is 39.1 Å². The van der Waals surface area contributed by atoms with Crippen LogP contribution in [0.3, 0.4) is 0 Å². The van der Waals surface area contributed by atoms with E-state index in [1.54, 1.807) is 24.3 Å². The number of hydrogen-bond donors (Lipinski definition) is 1. The molecule has 2 saturated carbocycles. The molecule has 0 aliphatic heterocycles. The Hall–Kier alpha value is -4.54. The number of aromatic nitrogens is 8. The predicted octanol–water partition coefficient (Wildman–Crippen LogP) is 11.5. The molecular formula is C52H64F2N8O2S2Si. The molecule has 6 aromatic rings. The van der Waals surface area contributed by atoms with E-state index in [0.717, 1.165) is 91.4 Å². The van der Waals surface area contributed by atoms with E-state index in [4.69, 9.17) is 9.52 Å². The number of hydrogen-bond acceptors (Lipinski definition) is 8. The van der Waals surface area contributed by atoms with Crippen molar-refractivity contribution in [2.24, 2.45) is 36.8 Å². The molecule has 4 aromatic heterocycles. The topological polar surface area (TPSA) is 101 Å². The fraction of sp³-hybridized carbons (Fsp3) is 0.462. The van der Waals surface area contributed by atoms with Gasteiger partial charge in [-0.3, -0.25) is 9.36 Å². The Balaban J connectivity index is 0.000000171. The van der Waals surface area contributed by atoms with E-state index in [0.29, 0.717) is 11.8 Å².